The summed E-state index contributed by atoms with van der Waals surface area (Å²) in [6.07, 6.45) is 0.774. The highest BCUT2D eigenvalue weighted by Crippen LogP contribution is 2.21. The Morgan fingerprint density at radius 2 is 2.14 bits per heavy atom. The minimum atomic E-state index is -0.952. The van der Waals surface area contributed by atoms with Gasteiger partial charge in [-0.2, -0.15) is 0 Å². The Labute approximate surface area is 81.2 Å². The van der Waals surface area contributed by atoms with E-state index in [1.807, 2.05) is 0 Å². The number of primary amides is 1. The van der Waals surface area contributed by atoms with Gasteiger partial charge in [0.05, 0.1) is 0 Å². The van der Waals surface area contributed by atoms with E-state index in [9.17, 15) is 14.4 Å². The van der Waals surface area contributed by atoms with Crippen molar-refractivity contribution >= 4 is 17.8 Å². The number of carbonyl (C=O) groups is 3. The molecule has 0 aromatic heterocycles. The van der Waals surface area contributed by atoms with Gasteiger partial charge < -0.3 is 11.1 Å². The summed E-state index contributed by atoms with van der Waals surface area (Å²) >= 11 is 0. The maximum Gasteiger partial charge on any atom is 0.322 e. The van der Waals surface area contributed by atoms with E-state index in [1.54, 1.807) is 6.92 Å². The zero-order valence-electron chi connectivity index (χ0n) is 7.92. The van der Waals surface area contributed by atoms with Gasteiger partial charge in [0.15, 0.2) is 0 Å². The number of carbonyl (C=O) groups excluding carboxylic acids is 3. The number of imide groups is 1. The molecule has 1 fully saturated rings. The number of urea groups is 1. The van der Waals surface area contributed by atoms with E-state index in [0.717, 1.165) is 0 Å². The molecule has 0 aromatic rings. The normalized spacial score (nSPS) is 25.8. The van der Waals surface area contributed by atoms with E-state index in [4.69, 9.17) is 5.73 Å². The van der Waals surface area contributed by atoms with E-state index >= 15 is 0 Å². The van der Waals surface area contributed by atoms with Crippen LogP contribution >= 0.6 is 0 Å². The topological polar surface area (TPSA) is 101 Å². The molecule has 1 heterocycles. The van der Waals surface area contributed by atoms with Crippen LogP contribution in [0.1, 0.15) is 26.2 Å². The van der Waals surface area contributed by atoms with E-state index in [0.29, 0.717) is 6.42 Å². The van der Waals surface area contributed by atoms with Crippen molar-refractivity contribution in [1.82, 2.24) is 10.6 Å². The minimum absolute atomic E-state index is 0.0849. The average molecular weight is 199 g/mol. The molecule has 1 saturated heterocycles. The Morgan fingerprint density at radius 1 is 1.50 bits per heavy atom. The standard InChI is InChI=1S/C8H13N3O3/c1-2-8(4-3-5(9)12)6(13)10-7(14)11-8/h2-4H2,1H3,(H2,9,12)(H2,10,11,13,14). The Hall–Kier alpha value is -1.59. The van der Waals surface area contributed by atoms with Gasteiger partial charge in [-0.15, -0.1) is 0 Å². The number of nitrogens with one attached hydrogen (secondary N) is 2. The summed E-state index contributed by atoms with van der Waals surface area (Å²) in [4.78, 5) is 32.9. The first kappa shape index (κ1) is 10.5. The predicted octanol–water partition coefficient (Wildman–Crippen LogP) is -0.760. The zero-order valence-corrected chi connectivity index (χ0v) is 7.92. The van der Waals surface area contributed by atoms with Crippen molar-refractivity contribution in [3.63, 3.8) is 0 Å². The van der Waals surface area contributed by atoms with Gasteiger partial charge in [0.25, 0.3) is 5.91 Å². The van der Waals surface area contributed by atoms with E-state index in [-0.39, 0.29) is 18.7 Å². The van der Waals surface area contributed by atoms with E-state index < -0.39 is 17.5 Å². The van der Waals surface area contributed by atoms with Gasteiger partial charge in [-0.05, 0) is 12.8 Å². The smallest absolute Gasteiger partial charge is 0.322 e. The van der Waals surface area contributed by atoms with Crippen LogP contribution in [0.15, 0.2) is 0 Å². The van der Waals surface area contributed by atoms with Crippen LogP contribution in [0.2, 0.25) is 0 Å². The quantitative estimate of drug-likeness (QED) is 0.518. The zero-order chi connectivity index (χ0) is 10.8. The van der Waals surface area contributed by atoms with Crippen molar-refractivity contribution in [3.8, 4) is 0 Å². The molecule has 0 saturated carbocycles. The Kier molecular flexibility index (Phi) is 2.73. The van der Waals surface area contributed by atoms with Crippen LogP contribution in [-0.4, -0.2) is 23.4 Å². The molecule has 1 rings (SSSR count). The molecule has 78 valence electrons. The third-order valence-corrected chi connectivity index (χ3v) is 2.42. The second-order valence-corrected chi connectivity index (χ2v) is 3.31. The van der Waals surface area contributed by atoms with Crippen LogP contribution in [0.4, 0.5) is 4.79 Å². The molecule has 4 N–H and O–H groups in total. The molecular formula is C8H13N3O3. The van der Waals surface area contributed by atoms with Crippen LogP contribution in [0, 0.1) is 0 Å². The van der Waals surface area contributed by atoms with Gasteiger partial charge in [0.2, 0.25) is 5.91 Å². The van der Waals surface area contributed by atoms with E-state index in [2.05, 4.69) is 10.6 Å². The molecule has 0 aliphatic carbocycles. The first-order chi connectivity index (χ1) is 6.50. The van der Waals surface area contributed by atoms with Gasteiger partial charge in [-0.25, -0.2) is 4.79 Å². The SMILES string of the molecule is CCC1(CCC(N)=O)NC(=O)NC1=O. The molecule has 1 atom stereocenters. The second kappa shape index (κ2) is 3.65. The summed E-state index contributed by atoms with van der Waals surface area (Å²) < 4.78 is 0. The molecule has 1 aliphatic heterocycles. The number of hydrogen-bond acceptors (Lipinski definition) is 3. The van der Waals surface area contributed by atoms with Gasteiger partial charge in [-0.3, -0.25) is 14.9 Å². The first-order valence-electron chi connectivity index (χ1n) is 4.42. The second-order valence-electron chi connectivity index (χ2n) is 3.31. The van der Waals surface area contributed by atoms with Crippen LogP contribution in [0.5, 0.6) is 0 Å². The lowest BCUT2D eigenvalue weighted by Gasteiger charge is -2.23. The first-order valence-corrected chi connectivity index (χ1v) is 4.42. The van der Waals surface area contributed by atoms with Crippen molar-refractivity contribution in [2.45, 2.75) is 31.7 Å². The number of hydrogen-bond donors (Lipinski definition) is 3. The third-order valence-electron chi connectivity index (χ3n) is 2.42. The summed E-state index contributed by atoms with van der Waals surface area (Å²) in [5, 5.41) is 4.66. The largest absolute Gasteiger partial charge is 0.370 e. The van der Waals surface area contributed by atoms with Crippen LogP contribution in [-0.2, 0) is 9.59 Å². The fraction of sp³-hybridized carbons (Fsp3) is 0.625. The highest BCUT2D eigenvalue weighted by molar-refractivity contribution is 6.07. The number of amides is 4. The summed E-state index contributed by atoms with van der Waals surface area (Å²) in [5.41, 5.74) is 4.03. The third kappa shape index (κ3) is 1.84. The highest BCUT2D eigenvalue weighted by atomic mass is 16.2. The lowest BCUT2D eigenvalue weighted by Crippen LogP contribution is -2.46. The van der Waals surface area contributed by atoms with Crippen molar-refractivity contribution < 1.29 is 14.4 Å². The Morgan fingerprint density at radius 3 is 2.50 bits per heavy atom. The Bertz CT molecular complexity index is 290. The number of nitrogens with two attached hydrogens (primary N) is 1. The van der Waals surface area contributed by atoms with Crippen molar-refractivity contribution in [1.29, 1.82) is 0 Å². The van der Waals surface area contributed by atoms with Crippen molar-refractivity contribution in [2.24, 2.45) is 5.73 Å². The lowest BCUT2D eigenvalue weighted by atomic mass is 9.90. The van der Waals surface area contributed by atoms with Gasteiger partial charge >= 0.3 is 6.03 Å². The van der Waals surface area contributed by atoms with Gasteiger partial charge in [0.1, 0.15) is 5.54 Å². The Balaban J connectivity index is 2.71. The average Bonchev–Trinajstić information content (AvgIpc) is 2.38. The number of rotatable bonds is 4. The highest BCUT2D eigenvalue weighted by Gasteiger charge is 2.44. The summed E-state index contributed by atoms with van der Waals surface area (Å²) in [6.45, 7) is 1.77. The maximum atomic E-state index is 11.4. The lowest BCUT2D eigenvalue weighted by molar-refractivity contribution is -0.125. The van der Waals surface area contributed by atoms with Crippen LogP contribution in [0.3, 0.4) is 0 Å². The fourth-order valence-corrected chi connectivity index (χ4v) is 1.47. The molecule has 14 heavy (non-hydrogen) atoms. The predicted molar refractivity (Wildman–Crippen MR) is 48.1 cm³/mol. The molecule has 6 heteroatoms. The molecule has 0 radical (unpaired) electrons. The molecule has 6 nitrogen and oxygen atoms in total. The summed E-state index contributed by atoms with van der Waals surface area (Å²) in [6, 6.07) is -0.513. The van der Waals surface area contributed by atoms with Gasteiger partial charge in [-0.1, -0.05) is 6.92 Å². The fourth-order valence-electron chi connectivity index (χ4n) is 1.47. The summed E-state index contributed by atoms with van der Waals surface area (Å²) in [5.74, 6) is -0.863. The molecule has 0 aromatic carbocycles. The molecule has 0 bridgehead atoms. The van der Waals surface area contributed by atoms with Crippen molar-refractivity contribution in [2.75, 3.05) is 0 Å². The molecular weight excluding hydrogens is 186 g/mol. The maximum absolute atomic E-state index is 11.4. The van der Waals surface area contributed by atoms with Crippen LogP contribution < -0.4 is 16.4 Å². The van der Waals surface area contributed by atoms with Gasteiger partial charge in [0, 0.05) is 6.42 Å². The van der Waals surface area contributed by atoms with Crippen LogP contribution in [0.25, 0.3) is 0 Å². The minimum Gasteiger partial charge on any atom is -0.370 e. The molecule has 1 unspecified atom stereocenters. The molecule has 4 amide bonds. The molecule has 1 aliphatic rings. The monoisotopic (exact) mass is 199 g/mol. The molecule has 0 spiro atoms. The van der Waals surface area contributed by atoms with Crippen molar-refractivity contribution in [3.05, 3.63) is 0 Å². The summed E-state index contributed by atoms with van der Waals surface area (Å²) in [7, 11) is 0. The van der Waals surface area contributed by atoms with E-state index in [1.165, 1.54) is 0 Å².